The van der Waals surface area contributed by atoms with Crippen LogP contribution in [-0.2, 0) is 9.63 Å². The summed E-state index contributed by atoms with van der Waals surface area (Å²) in [6.45, 7) is 11.7. The molecule has 0 aromatic carbocycles. The van der Waals surface area contributed by atoms with Crippen molar-refractivity contribution in [3.05, 3.63) is 12.2 Å². The average Bonchev–Trinajstić information content (AvgIpc) is 2.91. The van der Waals surface area contributed by atoms with Crippen molar-refractivity contribution in [2.24, 2.45) is 45.4 Å². The van der Waals surface area contributed by atoms with Gasteiger partial charge in [-0.15, -0.1) is 0 Å². The fourth-order valence-electron chi connectivity index (χ4n) is 7.15. The molecular weight excluding hydrogens is 336 g/mol. The van der Waals surface area contributed by atoms with E-state index in [1.165, 1.54) is 17.7 Å². The number of carbonyl (C=O) groups excluding carboxylic acids is 1. The van der Waals surface area contributed by atoms with Gasteiger partial charge >= 0.3 is 0 Å². The number of fused-ring (bicyclic) bond motifs is 5. The largest absolute Gasteiger partial charge is 0.394 e. The summed E-state index contributed by atoms with van der Waals surface area (Å²) in [6.07, 6.45) is 8.46. The van der Waals surface area contributed by atoms with Gasteiger partial charge in [0.05, 0.1) is 5.71 Å². The zero-order valence-corrected chi connectivity index (χ0v) is 17.3. The maximum atomic E-state index is 12.6. The third-order valence-electron chi connectivity index (χ3n) is 8.70. The first-order valence-corrected chi connectivity index (χ1v) is 10.9. The van der Waals surface area contributed by atoms with E-state index in [0.717, 1.165) is 50.9 Å². The Hall–Kier alpha value is -1.16. The van der Waals surface area contributed by atoms with Crippen molar-refractivity contribution in [1.82, 2.24) is 0 Å². The first-order chi connectivity index (χ1) is 12.8. The molecule has 4 saturated carbocycles. The topological polar surface area (TPSA) is 64.7 Å². The summed E-state index contributed by atoms with van der Waals surface area (Å²) in [4.78, 5) is 18.0. The van der Waals surface area contributed by atoms with Crippen molar-refractivity contribution in [3.8, 4) is 0 Å². The molecule has 0 aromatic heterocycles. The number of hydrogen-bond donors (Lipinski definition) is 1. The summed E-state index contributed by atoms with van der Waals surface area (Å²) >= 11 is 0. The molecule has 0 amide bonds. The van der Waals surface area contributed by atoms with Crippen LogP contribution in [-0.4, -0.2) is 24.1 Å². The Morgan fingerprint density at radius 2 is 2.00 bits per heavy atom. The van der Waals surface area contributed by atoms with Gasteiger partial charge < -0.3 is 10.6 Å². The Morgan fingerprint density at radius 1 is 1.22 bits per heavy atom. The second-order valence-corrected chi connectivity index (χ2v) is 10.4. The minimum absolute atomic E-state index is 0.0132. The minimum Gasteiger partial charge on any atom is -0.394 e. The number of allylic oxidation sites excluding steroid dienone is 1. The van der Waals surface area contributed by atoms with E-state index in [4.69, 9.17) is 10.6 Å². The van der Waals surface area contributed by atoms with Gasteiger partial charge in [-0.3, -0.25) is 4.79 Å². The second kappa shape index (κ2) is 6.72. The van der Waals surface area contributed by atoms with Crippen LogP contribution in [0.15, 0.2) is 17.3 Å². The molecule has 4 nitrogen and oxygen atoms in total. The van der Waals surface area contributed by atoms with Crippen LogP contribution < -0.4 is 5.73 Å². The normalized spacial score (nSPS) is 46.6. The van der Waals surface area contributed by atoms with Crippen molar-refractivity contribution >= 4 is 11.5 Å². The first kappa shape index (κ1) is 19.2. The highest BCUT2D eigenvalue weighted by atomic mass is 16.6. The molecule has 4 fully saturated rings. The monoisotopic (exact) mass is 372 g/mol. The molecule has 0 aromatic rings. The van der Waals surface area contributed by atoms with Crippen molar-refractivity contribution < 1.29 is 9.63 Å². The van der Waals surface area contributed by atoms with Gasteiger partial charge in [0, 0.05) is 17.9 Å². The summed E-state index contributed by atoms with van der Waals surface area (Å²) < 4.78 is 0. The average molecular weight is 373 g/mol. The molecule has 0 heterocycles. The molecule has 150 valence electrons. The Balaban J connectivity index is 1.54. The number of ketones is 1. The lowest BCUT2D eigenvalue weighted by Gasteiger charge is -2.60. The quantitative estimate of drug-likeness (QED) is 0.586. The molecular formula is C23H36N2O2. The third-order valence-corrected chi connectivity index (χ3v) is 8.70. The summed E-state index contributed by atoms with van der Waals surface area (Å²) in [5, 5.41) is 4.41. The number of oxime groups is 1. The lowest BCUT2D eigenvalue weighted by atomic mass is 9.44. The molecule has 1 unspecified atom stereocenters. The van der Waals surface area contributed by atoms with Gasteiger partial charge in [0.25, 0.3) is 0 Å². The fourth-order valence-corrected chi connectivity index (χ4v) is 7.15. The molecule has 0 bridgehead atoms. The van der Waals surface area contributed by atoms with Crippen molar-refractivity contribution in [2.75, 3.05) is 6.61 Å². The smallest absolute Gasteiger partial charge is 0.139 e. The zero-order chi connectivity index (χ0) is 19.4. The highest BCUT2D eigenvalue weighted by Gasteiger charge is 2.60. The van der Waals surface area contributed by atoms with Crippen LogP contribution in [0.2, 0.25) is 0 Å². The van der Waals surface area contributed by atoms with E-state index in [9.17, 15) is 4.79 Å². The van der Waals surface area contributed by atoms with E-state index >= 15 is 0 Å². The van der Waals surface area contributed by atoms with Crippen LogP contribution in [0.25, 0.3) is 0 Å². The van der Waals surface area contributed by atoms with Crippen LogP contribution in [0, 0.1) is 34.5 Å². The van der Waals surface area contributed by atoms with E-state index in [1.807, 2.05) is 6.92 Å². The van der Waals surface area contributed by atoms with Gasteiger partial charge in [-0.2, -0.15) is 0 Å². The van der Waals surface area contributed by atoms with Crippen LogP contribution in [0.4, 0.5) is 0 Å². The highest BCUT2D eigenvalue weighted by Crippen LogP contribution is 2.66. The predicted molar refractivity (Wildman–Crippen MR) is 108 cm³/mol. The van der Waals surface area contributed by atoms with E-state index in [-0.39, 0.29) is 11.5 Å². The van der Waals surface area contributed by atoms with Gasteiger partial charge in [-0.05, 0) is 81.0 Å². The maximum absolute atomic E-state index is 12.6. The van der Waals surface area contributed by atoms with Gasteiger partial charge in [0.2, 0.25) is 0 Å². The number of nitrogens with zero attached hydrogens (tertiary/aromatic N) is 1. The Morgan fingerprint density at radius 3 is 2.74 bits per heavy atom. The Kier molecular flexibility index (Phi) is 4.77. The van der Waals surface area contributed by atoms with E-state index in [2.05, 4.69) is 25.6 Å². The highest BCUT2D eigenvalue weighted by molar-refractivity contribution is 5.87. The summed E-state index contributed by atoms with van der Waals surface area (Å²) in [5.74, 6) is 2.97. The molecule has 0 spiro atoms. The summed E-state index contributed by atoms with van der Waals surface area (Å²) in [7, 11) is 0. The zero-order valence-electron chi connectivity index (χ0n) is 17.3. The summed E-state index contributed by atoms with van der Waals surface area (Å²) in [6, 6.07) is 0.0132. The molecule has 4 heteroatoms. The lowest BCUT2D eigenvalue weighted by Crippen LogP contribution is -2.54. The van der Waals surface area contributed by atoms with Crippen molar-refractivity contribution in [2.45, 2.75) is 78.2 Å². The summed E-state index contributed by atoms with van der Waals surface area (Å²) in [5.41, 5.74) is 8.57. The second-order valence-electron chi connectivity index (χ2n) is 10.4. The van der Waals surface area contributed by atoms with Crippen molar-refractivity contribution in [3.63, 3.8) is 0 Å². The van der Waals surface area contributed by atoms with E-state index in [1.54, 1.807) is 0 Å². The number of rotatable bonds is 3. The fraction of sp³-hybridized carbons (Fsp3) is 0.826. The number of Topliss-reactive ketones (excluding diaryl/α,β-unsaturated/α-hetero) is 1. The first-order valence-electron chi connectivity index (χ1n) is 10.9. The van der Waals surface area contributed by atoms with Gasteiger partial charge in [0.1, 0.15) is 12.4 Å². The molecule has 4 aliphatic carbocycles. The van der Waals surface area contributed by atoms with Crippen LogP contribution in [0.1, 0.15) is 72.1 Å². The third kappa shape index (κ3) is 2.99. The van der Waals surface area contributed by atoms with Gasteiger partial charge in [0.15, 0.2) is 0 Å². The molecule has 4 rings (SSSR count). The van der Waals surface area contributed by atoms with Gasteiger partial charge in [-0.25, -0.2) is 0 Å². The molecule has 0 radical (unpaired) electrons. The molecule has 27 heavy (non-hydrogen) atoms. The number of carbonyl (C=O) groups is 1. The van der Waals surface area contributed by atoms with Gasteiger partial charge in [-0.1, -0.05) is 31.2 Å². The van der Waals surface area contributed by atoms with Crippen LogP contribution in [0.5, 0.6) is 0 Å². The van der Waals surface area contributed by atoms with Crippen molar-refractivity contribution in [1.29, 1.82) is 0 Å². The minimum atomic E-state index is -0.0569. The molecule has 0 saturated heterocycles. The molecule has 2 N–H and O–H groups in total. The lowest BCUT2D eigenvalue weighted by molar-refractivity contribution is -0.134. The molecule has 0 aliphatic heterocycles. The Labute approximate surface area is 164 Å². The standard InChI is InChI=1S/C23H36N2O2/c1-14-11-17-18-5-6-21(26)23(18,4)10-8-19(17)22(3)9-7-16(12-20(14)22)25-27-13-15(2)24/h15,17-20H,1,5-13,24H2,2-4H3/t15?,17-,18+,19-,20+,22+,23-/m0/s1. The molecule has 4 aliphatic rings. The predicted octanol–water partition coefficient (Wildman–Crippen LogP) is 4.48. The SMILES string of the molecule is C=C1C[C@H]2[C@H]3CCC(=O)[C@@]3(C)CC[C@@H]2[C@@]2(C)CCC(=NOCC(C)N)C[C@H]12. The van der Waals surface area contributed by atoms with Crippen LogP contribution >= 0.6 is 0 Å². The van der Waals surface area contributed by atoms with Crippen LogP contribution in [0.3, 0.4) is 0 Å². The van der Waals surface area contributed by atoms with E-state index < -0.39 is 0 Å². The maximum Gasteiger partial charge on any atom is 0.139 e. The van der Waals surface area contributed by atoms with E-state index in [0.29, 0.717) is 35.6 Å². The molecule has 7 atom stereocenters. The number of nitrogens with two attached hydrogens (primary N) is 1. The Bertz CT molecular complexity index is 669. The number of hydrogen-bond acceptors (Lipinski definition) is 4.